The first-order valence-electron chi connectivity index (χ1n) is 9.56. The molecule has 2 N–H and O–H groups in total. The highest BCUT2D eigenvalue weighted by molar-refractivity contribution is 8.03. The molecule has 0 aliphatic carbocycles. The molecule has 2 heterocycles. The highest BCUT2D eigenvalue weighted by Gasteiger charge is 2.36. The van der Waals surface area contributed by atoms with E-state index < -0.39 is 23.6 Å². The summed E-state index contributed by atoms with van der Waals surface area (Å²) in [5, 5.41) is 18.0. The lowest BCUT2D eigenvalue weighted by Crippen LogP contribution is -2.29. The summed E-state index contributed by atoms with van der Waals surface area (Å²) in [4.78, 5) is 25.8. The minimum Gasteiger partial charge on any atom is -0.463 e. The molecule has 1 atom stereocenters. The van der Waals surface area contributed by atoms with E-state index in [1.807, 2.05) is 17.5 Å². The number of nitrogens with one attached hydrogen (secondary N) is 2. The molecule has 1 aromatic carbocycles. The fraction of sp³-hybridized carbons (Fsp3) is 0.227. The average molecular weight is 492 g/mol. The Balaban J connectivity index is 1.84. The second-order valence-electron chi connectivity index (χ2n) is 6.65. The fourth-order valence-corrected chi connectivity index (χ4v) is 5.05. The molecule has 2 aromatic rings. The molecule has 3 rings (SSSR count). The number of anilines is 1. The number of hydrogen-bond acceptors (Lipinski definition) is 7. The number of halogens is 2. The number of carbonyl (C=O) groups excluding carboxylic acids is 2. The summed E-state index contributed by atoms with van der Waals surface area (Å²) in [6.07, 6.45) is 0. The van der Waals surface area contributed by atoms with Crippen molar-refractivity contribution in [2.75, 3.05) is 17.7 Å². The summed E-state index contributed by atoms with van der Waals surface area (Å²) < 4.78 is 19.2. The number of thiophene rings is 1. The predicted molar refractivity (Wildman–Crippen MR) is 125 cm³/mol. The number of carbonyl (C=O) groups is 2. The van der Waals surface area contributed by atoms with E-state index in [0.717, 1.165) is 22.7 Å². The first kappa shape index (κ1) is 23.9. The van der Waals surface area contributed by atoms with E-state index >= 15 is 0 Å². The van der Waals surface area contributed by atoms with Gasteiger partial charge in [-0.2, -0.15) is 5.26 Å². The lowest BCUT2D eigenvalue weighted by atomic mass is 9.87. The number of allylic oxidation sites excluding steroid dienone is 2. The predicted octanol–water partition coefficient (Wildman–Crippen LogP) is 5.17. The van der Waals surface area contributed by atoms with Crippen molar-refractivity contribution in [1.29, 1.82) is 5.26 Å². The van der Waals surface area contributed by atoms with Crippen LogP contribution in [0.25, 0.3) is 0 Å². The van der Waals surface area contributed by atoms with Gasteiger partial charge in [-0.1, -0.05) is 29.4 Å². The van der Waals surface area contributed by atoms with Crippen LogP contribution in [0.4, 0.5) is 10.1 Å². The first-order valence-corrected chi connectivity index (χ1v) is 11.8. The molecule has 1 aliphatic heterocycles. The zero-order valence-electron chi connectivity index (χ0n) is 17.2. The summed E-state index contributed by atoms with van der Waals surface area (Å²) >= 11 is 8.26. The van der Waals surface area contributed by atoms with Gasteiger partial charge in [0.15, 0.2) is 0 Å². The van der Waals surface area contributed by atoms with Crippen LogP contribution in [0.15, 0.2) is 57.6 Å². The molecule has 0 fully saturated rings. The lowest BCUT2D eigenvalue weighted by molar-refractivity contribution is -0.138. The molecule has 0 bridgehead atoms. The van der Waals surface area contributed by atoms with E-state index in [2.05, 4.69) is 16.7 Å². The van der Waals surface area contributed by atoms with Crippen molar-refractivity contribution in [3.05, 3.63) is 73.3 Å². The largest absolute Gasteiger partial charge is 0.463 e. The molecule has 32 heavy (non-hydrogen) atoms. The van der Waals surface area contributed by atoms with Crippen molar-refractivity contribution < 1.29 is 18.7 Å². The number of dihydropyridines is 1. The quantitative estimate of drug-likeness (QED) is 0.519. The van der Waals surface area contributed by atoms with Crippen molar-refractivity contribution in [2.24, 2.45) is 0 Å². The first-order chi connectivity index (χ1) is 15.3. The van der Waals surface area contributed by atoms with Gasteiger partial charge < -0.3 is 15.4 Å². The number of amides is 1. The third-order valence-corrected chi connectivity index (χ3v) is 6.71. The molecule has 1 aromatic heterocycles. The number of nitriles is 1. The van der Waals surface area contributed by atoms with Crippen molar-refractivity contribution in [3.63, 3.8) is 0 Å². The third-order valence-electron chi connectivity index (χ3n) is 4.52. The second-order valence-corrected chi connectivity index (χ2v) is 9.05. The standard InChI is InChI=1S/C22H19ClFN3O3S2/c1-3-30-22(29)19-12(2)26-21(14(10-25)20(19)17-5-4-8-31-17)32-11-18(28)27-16-7-6-13(23)9-15(16)24/h4-9,20,26H,3,11H2,1-2H3,(H,27,28)/t20-/m1/s1. The zero-order valence-corrected chi connectivity index (χ0v) is 19.6. The summed E-state index contributed by atoms with van der Waals surface area (Å²) in [7, 11) is 0. The minimum atomic E-state index is -0.640. The van der Waals surface area contributed by atoms with Crippen LogP contribution >= 0.6 is 34.7 Å². The van der Waals surface area contributed by atoms with Crippen molar-refractivity contribution in [3.8, 4) is 6.07 Å². The van der Waals surface area contributed by atoms with Gasteiger partial charge in [0.2, 0.25) is 5.91 Å². The summed E-state index contributed by atoms with van der Waals surface area (Å²) in [6.45, 7) is 3.65. The fourth-order valence-electron chi connectivity index (χ4n) is 3.16. The number of ether oxygens (including phenoxy) is 1. The van der Waals surface area contributed by atoms with Crippen LogP contribution in [0.1, 0.15) is 24.6 Å². The molecule has 0 spiro atoms. The van der Waals surface area contributed by atoms with Gasteiger partial charge in [-0.05, 0) is 43.5 Å². The zero-order chi connectivity index (χ0) is 23.3. The Morgan fingerprint density at radius 2 is 2.19 bits per heavy atom. The Morgan fingerprint density at radius 3 is 2.81 bits per heavy atom. The highest BCUT2D eigenvalue weighted by atomic mass is 35.5. The molecular formula is C22H19ClFN3O3S2. The molecule has 0 radical (unpaired) electrons. The minimum absolute atomic E-state index is 0.0169. The maximum absolute atomic E-state index is 13.9. The van der Waals surface area contributed by atoms with Gasteiger partial charge in [0.05, 0.1) is 46.2 Å². The molecule has 0 saturated carbocycles. The second kappa shape index (κ2) is 10.7. The van der Waals surface area contributed by atoms with Gasteiger partial charge in [-0.25, -0.2) is 9.18 Å². The van der Waals surface area contributed by atoms with Gasteiger partial charge in [0, 0.05) is 15.6 Å². The van der Waals surface area contributed by atoms with E-state index in [0.29, 0.717) is 21.9 Å². The monoisotopic (exact) mass is 491 g/mol. The Bertz CT molecular complexity index is 1140. The van der Waals surface area contributed by atoms with Gasteiger partial charge in [0.1, 0.15) is 5.82 Å². The third kappa shape index (κ3) is 5.33. The molecule has 0 unspecified atom stereocenters. The molecule has 10 heteroatoms. The van der Waals surface area contributed by atoms with Crippen LogP contribution in [-0.4, -0.2) is 24.2 Å². The summed E-state index contributed by atoms with van der Waals surface area (Å²) in [5.74, 6) is -2.26. The normalized spacial score (nSPS) is 15.8. The number of esters is 1. The smallest absolute Gasteiger partial charge is 0.336 e. The van der Waals surface area contributed by atoms with Crippen LogP contribution in [0, 0.1) is 17.1 Å². The Hall–Kier alpha value is -2.80. The van der Waals surface area contributed by atoms with Gasteiger partial charge in [-0.15, -0.1) is 11.3 Å². The van der Waals surface area contributed by atoms with Gasteiger partial charge in [0.25, 0.3) is 0 Å². The van der Waals surface area contributed by atoms with Crippen molar-refractivity contribution in [1.82, 2.24) is 5.32 Å². The molecule has 6 nitrogen and oxygen atoms in total. The molecular weight excluding hydrogens is 473 g/mol. The molecule has 0 saturated heterocycles. The Labute approximate surface area is 198 Å². The number of nitrogens with zero attached hydrogens (tertiary/aromatic N) is 1. The maximum atomic E-state index is 13.9. The SMILES string of the molecule is CCOC(=O)C1=C(C)NC(SCC(=O)Nc2ccc(Cl)cc2F)=C(C#N)[C@@H]1c1cccs1. The maximum Gasteiger partial charge on any atom is 0.336 e. The molecule has 1 amide bonds. The van der Waals surface area contributed by atoms with E-state index in [1.165, 1.54) is 23.5 Å². The van der Waals surface area contributed by atoms with Crippen molar-refractivity contribution in [2.45, 2.75) is 19.8 Å². The topological polar surface area (TPSA) is 91.2 Å². The number of hydrogen-bond donors (Lipinski definition) is 2. The Morgan fingerprint density at radius 1 is 1.41 bits per heavy atom. The van der Waals surface area contributed by atoms with Gasteiger partial charge in [-0.3, -0.25) is 4.79 Å². The number of thioether (sulfide) groups is 1. The molecule has 1 aliphatic rings. The van der Waals surface area contributed by atoms with Crippen LogP contribution in [0.2, 0.25) is 5.02 Å². The van der Waals surface area contributed by atoms with Gasteiger partial charge >= 0.3 is 5.97 Å². The number of rotatable bonds is 7. The summed E-state index contributed by atoms with van der Waals surface area (Å²) in [5.41, 5.74) is 1.25. The van der Waals surface area contributed by atoms with E-state index in [-0.39, 0.29) is 23.1 Å². The van der Waals surface area contributed by atoms with Crippen LogP contribution in [0.5, 0.6) is 0 Å². The van der Waals surface area contributed by atoms with Crippen LogP contribution in [0.3, 0.4) is 0 Å². The van der Waals surface area contributed by atoms with E-state index in [9.17, 15) is 19.2 Å². The highest BCUT2D eigenvalue weighted by Crippen LogP contribution is 2.42. The summed E-state index contributed by atoms with van der Waals surface area (Å²) in [6, 6.07) is 9.84. The average Bonchev–Trinajstić information content (AvgIpc) is 3.28. The van der Waals surface area contributed by atoms with E-state index in [4.69, 9.17) is 16.3 Å². The van der Waals surface area contributed by atoms with Crippen LogP contribution in [-0.2, 0) is 14.3 Å². The lowest BCUT2D eigenvalue weighted by Gasteiger charge is -2.28. The van der Waals surface area contributed by atoms with E-state index in [1.54, 1.807) is 13.8 Å². The van der Waals surface area contributed by atoms with Crippen LogP contribution < -0.4 is 10.6 Å². The van der Waals surface area contributed by atoms with Crippen molar-refractivity contribution >= 4 is 52.3 Å². The Kier molecular flexibility index (Phi) is 7.96. The number of benzene rings is 1. The molecule has 166 valence electrons.